The van der Waals surface area contributed by atoms with Crippen molar-refractivity contribution in [3.05, 3.63) is 96.1 Å². The normalized spacial score (nSPS) is 10.0. The second-order valence-electron chi connectivity index (χ2n) is 5.83. The highest BCUT2D eigenvalue weighted by atomic mass is 16.6. The van der Waals surface area contributed by atoms with Crippen LogP contribution in [0, 0.1) is 44.2 Å². The molecule has 0 amide bonds. The summed E-state index contributed by atoms with van der Waals surface area (Å²) in [7, 11) is 0. The number of hydrogen-bond acceptors (Lipinski definition) is 6. The van der Waals surface area contributed by atoms with Crippen molar-refractivity contribution in [3.63, 3.8) is 0 Å². The summed E-state index contributed by atoms with van der Waals surface area (Å²) in [5.41, 5.74) is 3.27. The third kappa shape index (κ3) is 5.05. The molecular weight excluding hydrogens is 354 g/mol. The zero-order chi connectivity index (χ0) is 20.1. The first-order valence-corrected chi connectivity index (χ1v) is 7.72. The molecule has 0 spiro atoms. The van der Waals surface area contributed by atoms with E-state index in [-0.39, 0.29) is 0 Å². The van der Waals surface area contributed by atoms with Crippen LogP contribution in [0.2, 0.25) is 0 Å². The Morgan fingerprint density at radius 3 is 1.19 bits per heavy atom. The first kappa shape index (κ1) is 19.4. The summed E-state index contributed by atoms with van der Waals surface area (Å²) in [4.78, 5) is 28.1. The van der Waals surface area contributed by atoms with Crippen LogP contribution >= 0.6 is 0 Å². The third-order valence-electron chi connectivity index (χ3n) is 3.67. The summed E-state index contributed by atoms with van der Waals surface area (Å²) < 4.78 is 0. The molecule has 0 saturated carbocycles. The fourth-order valence-corrected chi connectivity index (χ4v) is 2.38. The Labute approximate surface area is 153 Å². The number of fused-ring (bicyclic) bond motifs is 1. The van der Waals surface area contributed by atoms with E-state index in [2.05, 4.69) is 50.2 Å². The van der Waals surface area contributed by atoms with Crippen LogP contribution in [0.3, 0.4) is 0 Å². The minimum Gasteiger partial charge on any atom is -0.258 e. The lowest BCUT2D eigenvalue weighted by Crippen LogP contribution is -1.96. The smallest absolute Gasteiger partial charge is 0.258 e. The molecular formula is C18H15N3O6. The SMILES string of the molecule is Cc1ccc2cc(C)cc-2cc1.O=[N+]([O-])c1cc([N+](=O)[O-])cc([N+](=O)[O-])c1. The average Bonchev–Trinajstić information content (AvgIpc) is 2.89. The Morgan fingerprint density at radius 2 is 0.889 bits per heavy atom. The molecule has 0 aliphatic heterocycles. The van der Waals surface area contributed by atoms with Crippen molar-refractivity contribution in [2.45, 2.75) is 13.8 Å². The number of hydrogen-bond donors (Lipinski definition) is 0. The first-order chi connectivity index (χ1) is 12.7. The molecule has 138 valence electrons. The average molecular weight is 369 g/mol. The fourth-order valence-electron chi connectivity index (χ4n) is 2.38. The molecule has 2 aliphatic carbocycles. The summed E-state index contributed by atoms with van der Waals surface area (Å²) >= 11 is 0. The zero-order valence-electron chi connectivity index (χ0n) is 14.5. The van der Waals surface area contributed by atoms with Crippen LogP contribution in [0.15, 0.2) is 54.6 Å². The maximum absolute atomic E-state index is 10.3. The number of benzene rings is 1. The highest BCUT2D eigenvalue weighted by Gasteiger charge is 2.21. The van der Waals surface area contributed by atoms with Gasteiger partial charge in [-0.1, -0.05) is 42.0 Å². The molecule has 0 fully saturated rings. The lowest BCUT2D eigenvalue weighted by molar-refractivity contribution is -0.403. The van der Waals surface area contributed by atoms with Crippen LogP contribution < -0.4 is 0 Å². The van der Waals surface area contributed by atoms with E-state index in [0.717, 1.165) is 0 Å². The van der Waals surface area contributed by atoms with Gasteiger partial charge in [-0.05, 0) is 30.5 Å². The lowest BCUT2D eigenvalue weighted by Gasteiger charge is -1.93. The second kappa shape index (κ2) is 8.00. The van der Waals surface area contributed by atoms with Crippen molar-refractivity contribution in [1.82, 2.24) is 0 Å². The molecule has 0 radical (unpaired) electrons. The molecule has 0 saturated heterocycles. The molecule has 9 nitrogen and oxygen atoms in total. The topological polar surface area (TPSA) is 129 Å². The summed E-state index contributed by atoms with van der Waals surface area (Å²) in [6, 6.07) is 15.1. The van der Waals surface area contributed by atoms with Crippen molar-refractivity contribution in [2.75, 3.05) is 0 Å². The fraction of sp³-hybridized carbons (Fsp3) is 0.111. The summed E-state index contributed by atoms with van der Waals surface area (Å²) in [5, 5.41) is 30.9. The van der Waals surface area contributed by atoms with Crippen LogP contribution in [-0.2, 0) is 0 Å². The van der Waals surface area contributed by atoms with Gasteiger partial charge in [-0.3, -0.25) is 30.3 Å². The molecule has 0 N–H and O–H groups in total. The number of rotatable bonds is 3. The maximum atomic E-state index is 10.3. The van der Waals surface area contributed by atoms with Gasteiger partial charge < -0.3 is 0 Å². The Bertz CT molecular complexity index is 889. The van der Waals surface area contributed by atoms with E-state index in [1.807, 2.05) is 0 Å². The van der Waals surface area contributed by atoms with Crippen molar-refractivity contribution in [1.29, 1.82) is 0 Å². The maximum Gasteiger partial charge on any atom is 0.283 e. The van der Waals surface area contributed by atoms with Gasteiger partial charge in [0, 0.05) is 0 Å². The Morgan fingerprint density at radius 1 is 0.556 bits per heavy atom. The van der Waals surface area contributed by atoms with E-state index in [1.165, 1.54) is 22.3 Å². The first-order valence-electron chi connectivity index (χ1n) is 7.72. The Balaban J connectivity index is 0.000000198. The van der Waals surface area contributed by atoms with Gasteiger partial charge in [-0.2, -0.15) is 0 Å². The zero-order valence-corrected chi connectivity index (χ0v) is 14.5. The van der Waals surface area contributed by atoms with E-state index in [0.29, 0.717) is 18.2 Å². The predicted octanol–water partition coefficient (Wildman–Crippen LogP) is 4.82. The number of non-ortho nitro benzene ring substituents is 3. The number of nitro benzene ring substituents is 3. The largest absolute Gasteiger partial charge is 0.283 e. The molecule has 0 bridgehead atoms. The van der Waals surface area contributed by atoms with E-state index >= 15 is 0 Å². The van der Waals surface area contributed by atoms with E-state index in [4.69, 9.17) is 0 Å². The highest BCUT2D eigenvalue weighted by molar-refractivity contribution is 5.68. The van der Waals surface area contributed by atoms with Crippen molar-refractivity contribution in [3.8, 4) is 11.1 Å². The lowest BCUT2D eigenvalue weighted by atomic mass is 10.2. The number of nitro groups is 3. The molecule has 2 aliphatic rings. The van der Waals surface area contributed by atoms with Crippen molar-refractivity contribution >= 4 is 17.1 Å². The number of nitrogens with zero attached hydrogens (tertiary/aromatic N) is 3. The highest BCUT2D eigenvalue weighted by Crippen LogP contribution is 2.27. The molecule has 0 unspecified atom stereocenters. The van der Waals surface area contributed by atoms with Gasteiger partial charge in [0.2, 0.25) is 0 Å². The molecule has 27 heavy (non-hydrogen) atoms. The molecule has 1 aromatic carbocycles. The van der Waals surface area contributed by atoms with Gasteiger partial charge in [0.15, 0.2) is 0 Å². The van der Waals surface area contributed by atoms with Crippen molar-refractivity contribution < 1.29 is 14.8 Å². The molecule has 3 rings (SSSR count). The minimum atomic E-state index is -0.931. The third-order valence-corrected chi connectivity index (χ3v) is 3.67. The summed E-state index contributed by atoms with van der Waals surface area (Å²) in [6.07, 6.45) is 0. The second-order valence-corrected chi connectivity index (χ2v) is 5.83. The van der Waals surface area contributed by atoms with E-state index in [1.54, 1.807) is 0 Å². The van der Waals surface area contributed by atoms with Crippen LogP contribution in [-0.4, -0.2) is 14.8 Å². The van der Waals surface area contributed by atoms with Crippen LogP contribution in [0.5, 0.6) is 0 Å². The summed E-state index contributed by atoms with van der Waals surface area (Å²) in [6.45, 7) is 4.25. The van der Waals surface area contributed by atoms with E-state index < -0.39 is 31.8 Å². The molecule has 0 aromatic heterocycles. The van der Waals surface area contributed by atoms with E-state index in [9.17, 15) is 30.3 Å². The Hall–Kier alpha value is -3.88. The van der Waals surface area contributed by atoms with Gasteiger partial charge in [-0.15, -0.1) is 0 Å². The predicted molar refractivity (Wildman–Crippen MR) is 98.9 cm³/mol. The molecule has 9 heteroatoms. The van der Waals surface area contributed by atoms with Gasteiger partial charge in [-0.25, -0.2) is 0 Å². The standard InChI is InChI=1S/C12H12.C6H3N3O6/c1-9-3-5-11-7-10(2)8-12(11)6-4-9;10-7(11)4-1-5(8(12)13)3-6(2-4)9(14)15/h3-8H,1-2H3;1-3H. The Kier molecular flexibility index (Phi) is 5.76. The summed E-state index contributed by atoms with van der Waals surface area (Å²) in [5.74, 6) is 0. The monoisotopic (exact) mass is 369 g/mol. The van der Waals surface area contributed by atoms with Crippen LogP contribution in [0.1, 0.15) is 11.1 Å². The van der Waals surface area contributed by atoms with Gasteiger partial charge in [0.05, 0.1) is 33.0 Å². The molecule has 0 heterocycles. The molecule has 1 aromatic rings. The van der Waals surface area contributed by atoms with Gasteiger partial charge in [0.1, 0.15) is 0 Å². The minimum absolute atomic E-state index is 0.660. The molecule has 0 atom stereocenters. The van der Waals surface area contributed by atoms with Gasteiger partial charge >= 0.3 is 0 Å². The van der Waals surface area contributed by atoms with Crippen LogP contribution in [0.25, 0.3) is 11.1 Å². The number of aryl methyl sites for hydroxylation is 2. The van der Waals surface area contributed by atoms with Gasteiger partial charge in [0.25, 0.3) is 17.1 Å². The quantitative estimate of drug-likeness (QED) is 0.480. The van der Waals surface area contributed by atoms with Crippen LogP contribution in [0.4, 0.5) is 17.1 Å². The van der Waals surface area contributed by atoms with Crippen molar-refractivity contribution in [2.24, 2.45) is 0 Å².